The molecule has 4 bridgehead atoms. The lowest BCUT2D eigenvalue weighted by Crippen LogP contribution is -2.62. The van der Waals surface area contributed by atoms with Gasteiger partial charge in [0.15, 0.2) is 0 Å². The van der Waals surface area contributed by atoms with E-state index in [1.807, 2.05) is 27.7 Å². The third-order valence-electron chi connectivity index (χ3n) is 11.5. The number of rotatable bonds is 5. The van der Waals surface area contributed by atoms with Crippen LogP contribution in [0.2, 0.25) is 0 Å². The predicted octanol–water partition coefficient (Wildman–Crippen LogP) is 10.1. The summed E-state index contributed by atoms with van der Waals surface area (Å²) < 4.78 is 163. The Bertz CT molecular complexity index is 960. The van der Waals surface area contributed by atoms with E-state index in [0.29, 0.717) is 31.1 Å². The molecule has 0 aliphatic heterocycles. The fourth-order valence-corrected chi connectivity index (χ4v) is 8.87. The third-order valence-corrected chi connectivity index (χ3v) is 11.5. The van der Waals surface area contributed by atoms with E-state index in [1.165, 1.54) is 20.8 Å². The maximum atomic E-state index is 13.6. The van der Waals surface area contributed by atoms with E-state index in [4.69, 9.17) is 4.74 Å². The third kappa shape index (κ3) is 6.72. The summed E-state index contributed by atoms with van der Waals surface area (Å²) in [5.74, 6) is -0.168. The van der Waals surface area contributed by atoms with Gasteiger partial charge < -0.3 is 9.84 Å². The number of alkyl halides is 12. The van der Waals surface area contributed by atoms with Crippen LogP contribution in [0.1, 0.15) is 87.0 Å². The largest absolute Gasteiger partial charge is 0.426 e. The Morgan fingerprint density at radius 2 is 0.864 bits per heavy atom. The first kappa shape index (κ1) is 37.5. The molecule has 260 valence electrons. The van der Waals surface area contributed by atoms with Crippen molar-refractivity contribution in [3.05, 3.63) is 0 Å². The Morgan fingerprint density at radius 3 is 1.11 bits per heavy atom. The van der Waals surface area contributed by atoms with Gasteiger partial charge in [0, 0.05) is 0 Å². The van der Waals surface area contributed by atoms with Crippen LogP contribution >= 0.6 is 0 Å². The van der Waals surface area contributed by atoms with Crippen molar-refractivity contribution in [2.24, 2.45) is 59.2 Å². The van der Waals surface area contributed by atoms with Crippen molar-refractivity contribution >= 4 is 0 Å². The Balaban J connectivity index is 0.000000244. The number of aliphatic hydroxyl groups is 1. The summed E-state index contributed by atoms with van der Waals surface area (Å²) in [7, 11) is 0. The van der Waals surface area contributed by atoms with Crippen LogP contribution in [0.15, 0.2) is 0 Å². The van der Waals surface area contributed by atoms with E-state index in [-0.39, 0.29) is 35.5 Å². The van der Waals surface area contributed by atoms with Gasteiger partial charge in [-0.2, -0.15) is 52.7 Å². The number of halogens is 12. The molecule has 44 heavy (non-hydrogen) atoms. The molecule has 4 aliphatic carbocycles. The van der Waals surface area contributed by atoms with Gasteiger partial charge in [-0.05, 0) is 118 Å². The van der Waals surface area contributed by atoms with Gasteiger partial charge in [-0.15, -0.1) is 0 Å². The minimum absolute atomic E-state index is 0.0855. The summed E-state index contributed by atoms with van der Waals surface area (Å²) in [4.78, 5) is 0. The monoisotopic (exact) mass is 664 g/mol. The highest BCUT2D eigenvalue weighted by Gasteiger charge is 2.74. The van der Waals surface area contributed by atoms with Gasteiger partial charge in [0.05, 0.1) is 5.60 Å². The Labute approximate surface area is 250 Å². The van der Waals surface area contributed by atoms with Crippen LogP contribution in [0.5, 0.6) is 0 Å². The second-order valence-electron chi connectivity index (χ2n) is 15.0. The number of hydrogen-bond donors (Lipinski definition) is 1. The predicted molar refractivity (Wildman–Crippen MR) is 138 cm³/mol. The molecule has 4 fully saturated rings. The van der Waals surface area contributed by atoms with Crippen LogP contribution < -0.4 is 0 Å². The molecule has 2 nitrogen and oxygen atoms in total. The summed E-state index contributed by atoms with van der Waals surface area (Å²) in [6, 6.07) is 0. The van der Waals surface area contributed by atoms with Gasteiger partial charge in [-0.1, -0.05) is 27.7 Å². The average Bonchev–Trinajstić information content (AvgIpc) is 3.54. The lowest BCUT2D eigenvalue weighted by molar-refractivity contribution is -0.404. The molecule has 0 spiro atoms. The zero-order chi connectivity index (χ0) is 34.2. The lowest BCUT2D eigenvalue weighted by Gasteiger charge is -2.44. The van der Waals surface area contributed by atoms with Crippen LogP contribution in [0.4, 0.5) is 52.7 Å². The van der Waals surface area contributed by atoms with E-state index in [2.05, 4.69) is 0 Å². The fourth-order valence-electron chi connectivity index (χ4n) is 8.87. The minimum Gasteiger partial charge on any atom is -0.374 e. The molecule has 10 atom stereocenters. The molecule has 4 saturated carbocycles. The fraction of sp³-hybridized carbons (Fsp3) is 1.00. The molecule has 0 saturated heterocycles. The molecule has 0 aromatic rings. The molecule has 4 aliphatic rings. The maximum Gasteiger partial charge on any atom is 0.426 e. The summed E-state index contributed by atoms with van der Waals surface area (Å²) in [6.07, 6.45) is -22.5. The van der Waals surface area contributed by atoms with Crippen molar-refractivity contribution in [3.63, 3.8) is 0 Å². The van der Waals surface area contributed by atoms with E-state index < -0.39 is 66.2 Å². The standard InChI is InChI=1S/C17H26F6O.C13H18F6O/c1-9-10(2)13-7-11(9)6-12(13)8-15(16(18,19)20,17(21,22)23)24-14(3,4)5;1-6-7(2)10-4-8(6)3-9(10)5-11(20,12(14,15)16)13(17,18)19/h9-13H,6-8H2,1-5H3;6-10,20H,3-5H2,1-2H3. The highest BCUT2D eigenvalue weighted by atomic mass is 19.4. The van der Waals surface area contributed by atoms with Crippen molar-refractivity contribution in [1.82, 2.24) is 0 Å². The normalized spacial score (nSPS) is 36.5. The molecule has 4 rings (SSSR count). The van der Waals surface area contributed by atoms with Crippen LogP contribution in [0.3, 0.4) is 0 Å². The van der Waals surface area contributed by atoms with E-state index >= 15 is 0 Å². The Hall–Kier alpha value is -0.920. The summed E-state index contributed by atoms with van der Waals surface area (Å²) in [6.45, 7) is 11.5. The molecular formula is C30H44F12O2. The van der Waals surface area contributed by atoms with Gasteiger partial charge in [-0.3, -0.25) is 0 Å². The van der Waals surface area contributed by atoms with Crippen molar-refractivity contribution in [2.75, 3.05) is 0 Å². The van der Waals surface area contributed by atoms with Crippen molar-refractivity contribution < 1.29 is 62.5 Å². The van der Waals surface area contributed by atoms with Crippen molar-refractivity contribution in [1.29, 1.82) is 0 Å². The molecule has 0 radical (unpaired) electrons. The number of hydrogen-bond acceptors (Lipinski definition) is 2. The summed E-state index contributed by atoms with van der Waals surface area (Å²) >= 11 is 0. The summed E-state index contributed by atoms with van der Waals surface area (Å²) in [5, 5.41) is 9.28. The van der Waals surface area contributed by atoms with Crippen molar-refractivity contribution in [3.8, 4) is 0 Å². The zero-order valence-corrected chi connectivity index (χ0v) is 25.9. The number of fused-ring (bicyclic) bond motifs is 4. The smallest absolute Gasteiger partial charge is 0.374 e. The molecule has 0 amide bonds. The van der Waals surface area contributed by atoms with Crippen LogP contribution in [-0.4, -0.2) is 46.6 Å². The maximum absolute atomic E-state index is 13.6. The SMILES string of the molecule is CC1C2CC(CC(O)(C(F)(F)F)C(F)(F)F)C(C2)C1C.CC1C2CC(CC(OC(C)(C)C)(C(F)(F)F)C(F)(F)F)C(C2)C1C. The topological polar surface area (TPSA) is 29.5 Å². The Morgan fingerprint density at radius 1 is 0.523 bits per heavy atom. The molecular weight excluding hydrogens is 620 g/mol. The first-order chi connectivity index (χ1) is 19.5. The highest BCUT2D eigenvalue weighted by Crippen LogP contribution is 2.61. The van der Waals surface area contributed by atoms with Gasteiger partial charge in [-0.25, -0.2) is 0 Å². The van der Waals surface area contributed by atoms with E-state index in [0.717, 1.165) is 6.42 Å². The minimum atomic E-state index is -5.69. The lowest BCUT2D eigenvalue weighted by atomic mass is 9.71. The van der Waals surface area contributed by atoms with Gasteiger partial charge in [0.1, 0.15) is 0 Å². The molecule has 0 aromatic carbocycles. The average molecular weight is 665 g/mol. The number of ether oxygens (including phenoxy) is 1. The molecule has 14 heteroatoms. The molecule has 0 heterocycles. The van der Waals surface area contributed by atoms with Crippen molar-refractivity contribution in [2.45, 2.75) is 128 Å². The van der Waals surface area contributed by atoms with Crippen LogP contribution in [0, 0.1) is 59.2 Å². The van der Waals surface area contributed by atoms with E-state index in [9.17, 15) is 57.8 Å². The first-order valence-electron chi connectivity index (χ1n) is 15.2. The second kappa shape index (κ2) is 11.6. The second-order valence-corrected chi connectivity index (χ2v) is 15.0. The first-order valence-corrected chi connectivity index (χ1v) is 15.2. The van der Waals surface area contributed by atoms with Crippen LogP contribution in [-0.2, 0) is 4.74 Å². The zero-order valence-electron chi connectivity index (χ0n) is 25.9. The summed E-state index contributed by atoms with van der Waals surface area (Å²) in [5.41, 5.74) is -10.2. The van der Waals surface area contributed by atoms with Gasteiger partial charge >= 0.3 is 24.7 Å². The quantitative estimate of drug-likeness (QED) is 0.297. The highest BCUT2D eigenvalue weighted by molar-refractivity contribution is 5.06. The van der Waals surface area contributed by atoms with Crippen LogP contribution in [0.25, 0.3) is 0 Å². The molecule has 10 unspecified atom stereocenters. The Kier molecular flexibility index (Phi) is 9.94. The van der Waals surface area contributed by atoms with E-state index in [1.54, 1.807) is 0 Å². The molecule has 1 N–H and O–H groups in total. The molecule has 0 aromatic heterocycles. The van der Waals surface area contributed by atoms with Gasteiger partial charge in [0.2, 0.25) is 0 Å². The van der Waals surface area contributed by atoms with Gasteiger partial charge in [0.25, 0.3) is 11.2 Å².